The fraction of sp³-hybridized carbons (Fsp3) is 0.538. The summed E-state index contributed by atoms with van der Waals surface area (Å²) >= 11 is 0. The molecule has 2 rings (SSSR count). The molecule has 2 heterocycles. The van der Waals surface area contributed by atoms with Crippen molar-refractivity contribution in [3.05, 3.63) is 30.1 Å². The van der Waals surface area contributed by atoms with Crippen molar-refractivity contribution in [2.75, 3.05) is 13.1 Å². The summed E-state index contributed by atoms with van der Waals surface area (Å²) in [6, 6.07) is 3.91. The van der Waals surface area contributed by atoms with Crippen LogP contribution in [0.15, 0.2) is 24.5 Å². The van der Waals surface area contributed by atoms with Crippen LogP contribution in [-0.2, 0) is 4.79 Å². The van der Waals surface area contributed by atoms with Crippen molar-refractivity contribution in [1.82, 2.24) is 15.6 Å². The Morgan fingerprint density at radius 3 is 2.94 bits per heavy atom. The third-order valence-electron chi connectivity index (χ3n) is 3.25. The van der Waals surface area contributed by atoms with E-state index in [4.69, 9.17) is 0 Å². The predicted molar refractivity (Wildman–Crippen MR) is 66.4 cm³/mol. The summed E-state index contributed by atoms with van der Waals surface area (Å²) < 4.78 is 0. The molecule has 1 amide bonds. The van der Waals surface area contributed by atoms with E-state index < -0.39 is 0 Å². The van der Waals surface area contributed by atoms with E-state index in [1.807, 2.05) is 19.1 Å². The highest BCUT2D eigenvalue weighted by molar-refractivity contribution is 5.79. The molecule has 1 aliphatic heterocycles. The summed E-state index contributed by atoms with van der Waals surface area (Å²) in [5, 5.41) is 6.32. The van der Waals surface area contributed by atoms with E-state index in [2.05, 4.69) is 15.6 Å². The van der Waals surface area contributed by atoms with Gasteiger partial charge in [0.25, 0.3) is 0 Å². The van der Waals surface area contributed by atoms with Crippen molar-refractivity contribution in [3.8, 4) is 0 Å². The number of amides is 1. The summed E-state index contributed by atoms with van der Waals surface area (Å²) in [7, 11) is 0. The fourth-order valence-corrected chi connectivity index (χ4v) is 2.13. The summed E-state index contributed by atoms with van der Waals surface area (Å²) in [4.78, 5) is 16.1. The van der Waals surface area contributed by atoms with E-state index in [1.54, 1.807) is 12.4 Å². The number of rotatable bonds is 3. The Morgan fingerprint density at radius 1 is 1.53 bits per heavy atom. The van der Waals surface area contributed by atoms with Crippen molar-refractivity contribution in [2.24, 2.45) is 5.92 Å². The summed E-state index contributed by atoms with van der Waals surface area (Å²) in [6.07, 6.45) is 5.41. The van der Waals surface area contributed by atoms with Gasteiger partial charge < -0.3 is 10.6 Å². The van der Waals surface area contributed by atoms with Gasteiger partial charge in [-0.2, -0.15) is 0 Å². The summed E-state index contributed by atoms with van der Waals surface area (Å²) in [5.41, 5.74) is 1.05. The van der Waals surface area contributed by atoms with Crippen LogP contribution >= 0.6 is 0 Å². The Kier molecular flexibility index (Phi) is 4.09. The van der Waals surface area contributed by atoms with Crippen LogP contribution in [0.5, 0.6) is 0 Å². The lowest BCUT2D eigenvalue weighted by molar-refractivity contribution is -0.126. The van der Waals surface area contributed by atoms with Gasteiger partial charge in [-0.3, -0.25) is 9.78 Å². The molecule has 4 heteroatoms. The maximum atomic E-state index is 12.0. The van der Waals surface area contributed by atoms with Gasteiger partial charge in [-0.15, -0.1) is 0 Å². The van der Waals surface area contributed by atoms with Crippen LogP contribution in [0.25, 0.3) is 0 Å². The van der Waals surface area contributed by atoms with E-state index >= 15 is 0 Å². The zero-order valence-corrected chi connectivity index (χ0v) is 10.1. The minimum atomic E-state index is 0.0334. The molecule has 1 atom stereocenters. The molecular formula is C13H19N3O. The average Bonchev–Trinajstić information content (AvgIpc) is 2.40. The van der Waals surface area contributed by atoms with Gasteiger partial charge in [0.05, 0.1) is 6.04 Å². The molecule has 2 N–H and O–H groups in total. The van der Waals surface area contributed by atoms with Gasteiger partial charge >= 0.3 is 0 Å². The van der Waals surface area contributed by atoms with Crippen LogP contribution in [-0.4, -0.2) is 24.0 Å². The second-order valence-electron chi connectivity index (χ2n) is 4.54. The maximum Gasteiger partial charge on any atom is 0.223 e. The van der Waals surface area contributed by atoms with Gasteiger partial charge in [0, 0.05) is 18.3 Å². The Labute approximate surface area is 102 Å². The highest BCUT2D eigenvalue weighted by Gasteiger charge is 2.22. The molecule has 1 aromatic heterocycles. The van der Waals surface area contributed by atoms with E-state index in [0.29, 0.717) is 0 Å². The Bertz CT molecular complexity index is 360. The number of aromatic nitrogens is 1. The fourth-order valence-electron chi connectivity index (χ4n) is 2.13. The van der Waals surface area contributed by atoms with Gasteiger partial charge in [0.15, 0.2) is 0 Å². The number of carbonyl (C=O) groups is 1. The Morgan fingerprint density at radius 2 is 2.29 bits per heavy atom. The first-order chi connectivity index (χ1) is 8.27. The number of nitrogens with one attached hydrogen (secondary N) is 2. The lowest BCUT2D eigenvalue weighted by atomic mass is 9.96. The molecule has 4 nitrogen and oxygen atoms in total. The van der Waals surface area contributed by atoms with E-state index in [0.717, 1.165) is 31.5 Å². The largest absolute Gasteiger partial charge is 0.349 e. The molecular weight excluding hydrogens is 214 g/mol. The molecule has 1 saturated heterocycles. The summed E-state index contributed by atoms with van der Waals surface area (Å²) in [6.45, 7) is 3.88. The number of carbonyl (C=O) groups excluding carboxylic acids is 1. The van der Waals surface area contributed by atoms with Crippen LogP contribution < -0.4 is 10.6 Å². The quantitative estimate of drug-likeness (QED) is 0.826. The van der Waals surface area contributed by atoms with Crippen molar-refractivity contribution in [2.45, 2.75) is 25.8 Å². The molecule has 1 aliphatic rings. The monoisotopic (exact) mass is 233 g/mol. The van der Waals surface area contributed by atoms with Gasteiger partial charge in [0.2, 0.25) is 5.91 Å². The van der Waals surface area contributed by atoms with Crippen molar-refractivity contribution in [3.63, 3.8) is 0 Å². The highest BCUT2D eigenvalue weighted by Crippen LogP contribution is 2.15. The lowest BCUT2D eigenvalue weighted by Gasteiger charge is -2.24. The van der Waals surface area contributed by atoms with Crippen LogP contribution in [0, 0.1) is 5.92 Å². The minimum Gasteiger partial charge on any atom is -0.349 e. The predicted octanol–water partition coefficient (Wildman–Crippen LogP) is 1.26. The van der Waals surface area contributed by atoms with Gasteiger partial charge in [-0.25, -0.2) is 0 Å². The molecule has 0 spiro atoms. The Balaban J connectivity index is 1.89. The second kappa shape index (κ2) is 5.77. The normalized spacial score (nSPS) is 18.6. The number of hydrogen-bond acceptors (Lipinski definition) is 3. The zero-order chi connectivity index (χ0) is 12.1. The topological polar surface area (TPSA) is 54.0 Å². The van der Waals surface area contributed by atoms with Crippen LogP contribution in [0.1, 0.15) is 31.4 Å². The third-order valence-corrected chi connectivity index (χ3v) is 3.25. The average molecular weight is 233 g/mol. The highest BCUT2D eigenvalue weighted by atomic mass is 16.1. The molecule has 0 bridgehead atoms. The van der Waals surface area contributed by atoms with Crippen LogP contribution in [0.2, 0.25) is 0 Å². The van der Waals surface area contributed by atoms with Crippen LogP contribution in [0.3, 0.4) is 0 Å². The molecule has 0 aliphatic carbocycles. The zero-order valence-electron chi connectivity index (χ0n) is 10.1. The second-order valence-corrected chi connectivity index (χ2v) is 4.54. The molecule has 17 heavy (non-hydrogen) atoms. The minimum absolute atomic E-state index is 0.0334. The SMILES string of the molecule is C[C@H](NC(=O)C1CCNCC1)c1cccnc1. The molecule has 1 aromatic rings. The first kappa shape index (κ1) is 12.0. The van der Waals surface area contributed by atoms with Gasteiger partial charge in [-0.1, -0.05) is 6.07 Å². The number of pyridine rings is 1. The Hall–Kier alpha value is -1.42. The van der Waals surface area contributed by atoms with Crippen LogP contribution in [0.4, 0.5) is 0 Å². The van der Waals surface area contributed by atoms with Gasteiger partial charge in [0.1, 0.15) is 0 Å². The van der Waals surface area contributed by atoms with Crippen molar-refractivity contribution >= 4 is 5.91 Å². The first-order valence-electron chi connectivity index (χ1n) is 6.18. The standard InChI is InChI=1S/C13H19N3O/c1-10(12-3-2-6-15-9-12)16-13(17)11-4-7-14-8-5-11/h2-3,6,9-11,14H,4-5,7-8H2,1H3,(H,16,17)/t10-/m0/s1. The lowest BCUT2D eigenvalue weighted by Crippen LogP contribution is -2.39. The van der Waals surface area contributed by atoms with Crippen molar-refractivity contribution < 1.29 is 4.79 Å². The molecule has 0 aromatic carbocycles. The molecule has 0 unspecified atom stereocenters. The van der Waals surface area contributed by atoms with Gasteiger partial charge in [-0.05, 0) is 44.5 Å². The first-order valence-corrected chi connectivity index (χ1v) is 6.18. The number of hydrogen-bond donors (Lipinski definition) is 2. The molecule has 92 valence electrons. The van der Waals surface area contributed by atoms with E-state index in [9.17, 15) is 4.79 Å². The molecule has 0 saturated carbocycles. The maximum absolute atomic E-state index is 12.0. The van der Waals surface area contributed by atoms with Crippen molar-refractivity contribution in [1.29, 1.82) is 0 Å². The third kappa shape index (κ3) is 3.27. The smallest absolute Gasteiger partial charge is 0.223 e. The van der Waals surface area contributed by atoms with E-state index in [1.165, 1.54) is 0 Å². The number of nitrogens with zero attached hydrogens (tertiary/aromatic N) is 1. The summed E-state index contributed by atoms with van der Waals surface area (Å²) in [5.74, 6) is 0.332. The number of piperidine rings is 1. The van der Waals surface area contributed by atoms with E-state index in [-0.39, 0.29) is 17.9 Å². The molecule has 1 fully saturated rings. The molecule has 0 radical (unpaired) electrons.